The Balaban J connectivity index is 2.03. The fourth-order valence-corrected chi connectivity index (χ4v) is 1.47. The molecule has 2 aliphatic heterocycles. The van der Waals surface area contributed by atoms with Crippen LogP contribution in [0.15, 0.2) is 5.16 Å². The van der Waals surface area contributed by atoms with E-state index in [0.29, 0.717) is 5.71 Å². The van der Waals surface area contributed by atoms with E-state index in [1.807, 2.05) is 0 Å². The summed E-state index contributed by atoms with van der Waals surface area (Å²) in [5, 5.41) is 3.60. The van der Waals surface area contributed by atoms with Crippen LogP contribution in [0.3, 0.4) is 0 Å². The molecule has 0 radical (unpaired) electrons. The second-order valence-corrected chi connectivity index (χ2v) is 3.15. The smallest absolute Gasteiger partial charge is 0.395 e. The lowest BCUT2D eigenvalue weighted by molar-refractivity contribution is -0.223. The largest absolute Gasteiger partial charge is 0.414 e. The van der Waals surface area contributed by atoms with Gasteiger partial charge in [-0.1, -0.05) is 5.16 Å². The number of hydrogen-bond acceptors (Lipinski definition) is 3. The minimum atomic E-state index is -4.27. The van der Waals surface area contributed by atoms with Crippen LogP contribution in [0.4, 0.5) is 13.2 Å². The maximum atomic E-state index is 12.2. The summed E-state index contributed by atoms with van der Waals surface area (Å²) < 4.78 is 41.2. The van der Waals surface area contributed by atoms with Gasteiger partial charge in [0.15, 0.2) is 6.10 Å². The van der Waals surface area contributed by atoms with E-state index in [9.17, 15) is 13.2 Å². The third-order valence-corrected chi connectivity index (χ3v) is 2.22. The van der Waals surface area contributed by atoms with Gasteiger partial charge in [0.1, 0.15) is 6.61 Å². The molecule has 0 N–H and O–H groups in total. The van der Waals surface area contributed by atoms with Crippen LogP contribution in [-0.4, -0.2) is 31.2 Å². The second kappa shape index (κ2) is 2.87. The van der Waals surface area contributed by atoms with E-state index in [1.54, 1.807) is 0 Å². The topological polar surface area (TPSA) is 30.8 Å². The molecule has 0 amide bonds. The van der Waals surface area contributed by atoms with Crippen molar-refractivity contribution in [1.82, 2.24) is 0 Å². The van der Waals surface area contributed by atoms with Crippen molar-refractivity contribution >= 4 is 5.71 Å². The maximum absolute atomic E-state index is 12.2. The summed E-state index contributed by atoms with van der Waals surface area (Å²) in [6.45, 7) is 0.195. The summed E-state index contributed by atoms with van der Waals surface area (Å²) in [5.41, 5.74) is 0.598. The zero-order valence-electron chi connectivity index (χ0n) is 6.67. The molecule has 2 aliphatic rings. The lowest BCUT2D eigenvalue weighted by atomic mass is 9.95. The highest BCUT2D eigenvalue weighted by atomic mass is 19.4. The van der Waals surface area contributed by atoms with Crippen LogP contribution in [0.25, 0.3) is 0 Å². The highest BCUT2D eigenvalue weighted by Gasteiger charge is 2.46. The molecule has 0 saturated carbocycles. The molecule has 0 bridgehead atoms. The third-order valence-electron chi connectivity index (χ3n) is 2.22. The van der Waals surface area contributed by atoms with Crippen molar-refractivity contribution in [3.63, 3.8) is 0 Å². The van der Waals surface area contributed by atoms with E-state index in [4.69, 9.17) is 4.84 Å². The number of oxime groups is 1. The molecule has 2 rings (SSSR count). The van der Waals surface area contributed by atoms with Crippen molar-refractivity contribution < 1.29 is 22.7 Å². The van der Waals surface area contributed by atoms with Crippen molar-refractivity contribution in [1.29, 1.82) is 0 Å². The Morgan fingerprint density at radius 3 is 2.85 bits per heavy atom. The Morgan fingerprint density at radius 2 is 2.15 bits per heavy atom. The minimum Gasteiger partial charge on any atom is -0.395 e. The Hall–Kier alpha value is -0.780. The Kier molecular flexibility index (Phi) is 1.94. The molecule has 1 fully saturated rings. The van der Waals surface area contributed by atoms with Gasteiger partial charge in [-0.05, 0) is 6.42 Å². The van der Waals surface area contributed by atoms with Crippen molar-refractivity contribution in [3.8, 4) is 0 Å². The van der Waals surface area contributed by atoms with E-state index < -0.39 is 12.3 Å². The molecule has 74 valence electrons. The zero-order chi connectivity index (χ0) is 9.47. The lowest BCUT2D eigenvalue weighted by Crippen LogP contribution is -2.41. The molecule has 13 heavy (non-hydrogen) atoms. The van der Waals surface area contributed by atoms with E-state index >= 15 is 0 Å². The Morgan fingerprint density at radius 1 is 1.38 bits per heavy atom. The van der Waals surface area contributed by atoms with Crippen LogP contribution >= 0.6 is 0 Å². The lowest BCUT2D eigenvalue weighted by Gasteiger charge is -2.27. The molecule has 0 aromatic carbocycles. The van der Waals surface area contributed by atoms with Gasteiger partial charge in [-0.15, -0.1) is 0 Å². The van der Waals surface area contributed by atoms with Gasteiger partial charge in [-0.2, -0.15) is 13.2 Å². The number of alkyl halides is 3. The predicted octanol–water partition coefficient (Wildman–Crippen LogP) is 1.34. The van der Waals surface area contributed by atoms with E-state index in [1.165, 1.54) is 0 Å². The average Bonchev–Trinajstić information content (AvgIpc) is 2.47. The first kappa shape index (κ1) is 8.80. The Labute approximate surface area is 72.5 Å². The highest BCUT2D eigenvalue weighted by molar-refractivity contribution is 5.89. The van der Waals surface area contributed by atoms with Gasteiger partial charge >= 0.3 is 6.18 Å². The summed E-state index contributed by atoms with van der Waals surface area (Å²) in [6, 6.07) is 0. The number of rotatable bonds is 0. The van der Waals surface area contributed by atoms with Crippen LogP contribution < -0.4 is 0 Å². The normalized spacial score (nSPS) is 33.6. The van der Waals surface area contributed by atoms with Crippen LogP contribution in [0.5, 0.6) is 0 Å². The molecule has 2 heterocycles. The fourth-order valence-electron chi connectivity index (χ4n) is 1.47. The van der Waals surface area contributed by atoms with Crippen molar-refractivity contribution in [2.75, 3.05) is 13.2 Å². The van der Waals surface area contributed by atoms with Gasteiger partial charge in [0.25, 0.3) is 0 Å². The van der Waals surface area contributed by atoms with Gasteiger partial charge in [-0.25, -0.2) is 0 Å². The molecule has 1 saturated heterocycles. The zero-order valence-corrected chi connectivity index (χ0v) is 6.67. The number of ether oxygens (including phenoxy) is 1. The molecule has 0 aromatic rings. The van der Waals surface area contributed by atoms with Gasteiger partial charge in [0, 0.05) is 5.92 Å². The van der Waals surface area contributed by atoms with Gasteiger partial charge in [0.2, 0.25) is 0 Å². The van der Waals surface area contributed by atoms with Gasteiger partial charge < -0.3 is 9.57 Å². The van der Waals surface area contributed by atoms with Gasteiger partial charge in [-0.3, -0.25) is 0 Å². The third kappa shape index (κ3) is 1.63. The fraction of sp³-hybridized carbons (Fsp3) is 0.857. The number of halogens is 3. The van der Waals surface area contributed by atoms with Gasteiger partial charge in [0.05, 0.1) is 12.3 Å². The molecule has 0 spiro atoms. The summed E-state index contributed by atoms with van der Waals surface area (Å²) in [5.74, 6) is -0.208. The van der Waals surface area contributed by atoms with Crippen LogP contribution in [0.2, 0.25) is 0 Å². The number of hydrogen-bond donors (Lipinski definition) is 0. The molecule has 0 aromatic heterocycles. The first-order chi connectivity index (χ1) is 6.07. The first-order valence-corrected chi connectivity index (χ1v) is 3.94. The number of fused-ring (bicyclic) bond motifs is 1. The number of nitrogens with zero attached hydrogens (tertiary/aromatic N) is 1. The SMILES string of the molecule is FC(F)(F)C1CC2CON=C2CO1. The van der Waals surface area contributed by atoms with Crippen molar-refractivity contribution in [3.05, 3.63) is 0 Å². The maximum Gasteiger partial charge on any atom is 0.414 e. The predicted molar refractivity (Wildman–Crippen MR) is 37.3 cm³/mol. The van der Waals surface area contributed by atoms with E-state index in [-0.39, 0.29) is 25.6 Å². The summed E-state index contributed by atoms with van der Waals surface area (Å²) in [6.07, 6.45) is -5.99. The highest BCUT2D eigenvalue weighted by Crippen LogP contribution is 2.33. The monoisotopic (exact) mass is 195 g/mol. The van der Waals surface area contributed by atoms with Crippen LogP contribution in [0.1, 0.15) is 6.42 Å². The van der Waals surface area contributed by atoms with E-state index in [2.05, 4.69) is 9.89 Å². The average molecular weight is 195 g/mol. The van der Waals surface area contributed by atoms with Crippen molar-refractivity contribution in [2.45, 2.75) is 18.7 Å². The summed E-state index contributed by atoms with van der Waals surface area (Å²) in [4.78, 5) is 4.69. The second-order valence-electron chi connectivity index (χ2n) is 3.15. The first-order valence-electron chi connectivity index (χ1n) is 3.94. The minimum absolute atomic E-state index is 0.0607. The molecular formula is C7H8F3NO2. The molecular weight excluding hydrogens is 187 g/mol. The molecule has 2 atom stereocenters. The van der Waals surface area contributed by atoms with Crippen LogP contribution in [0, 0.1) is 5.92 Å². The molecule has 2 unspecified atom stereocenters. The standard InChI is InChI=1S/C7H8F3NO2/c8-7(9,10)6-1-4-2-13-11-5(4)3-12-6/h4,6H,1-3H2. The van der Waals surface area contributed by atoms with Crippen molar-refractivity contribution in [2.24, 2.45) is 11.1 Å². The molecule has 3 nitrogen and oxygen atoms in total. The summed E-state index contributed by atoms with van der Waals surface area (Å²) in [7, 11) is 0. The molecule has 0 aliphatic carbocycles. The quantitative estimate of drug-likeness (QED) is 0.584. The van der Waals surface area contributed by atoms with Crippen LogP contribution in [-0.2, 0) is 9.57 Å². The molecule has 6 heteroatoms. The summed E-state index contributed by atoms with van der Waals surface area (Å²) >= 11 is 0. The Bertz CT molecular complexity index is 238. The van der Waals surface area contributed by atoms with E-state index in [0.717, 1.165) is 0 Å².